The summed E-state index contributed by atoms with van der Waals surface area (Å²) in [6.45, 7) is 5.34. The van der Waals surface area contributed by atoms with Crippen LogP contribution >= 0.6 is 0 Å². The van der Waals surface area contributed by atoms with Crippen molar-refractivity contribution in [3.05, 3.63) is 35.9 Å². The normalized spacial score (nSPS) is 17.4. The van der Waals surface area contributed by atoms with E-state index in [4.69, 9.17) is 9.47 Å². The largest absolute Gasteiger partial charge is 0.474 e. The number of anilines is 2. The van der Waals surface area contributed by atoms with Crippen LogP contribution in [-0.2, 0) is 22.0 Å². The third-order valence-electron chi connectivity index (χ3n) is 5.58. The standard InChI is InChI=1S/C22H27FN4O4S/c1-14(2)30-22(28)26-9-6-15(7-10-26)31-21-17-8-11-27(20(17)24-13-25-21)19-5-4-16(32(3)29)12-18(19)23/h4-5,12-15H,6-11H2,1-3H3/t32-/m1/s1. The Balaban J connectivity index is 1.45. The molecule has 0 radical (unpaired) electrons. The van der Waals surface area contributed by atoms with Gasteiger partial charge in [0.05, 0.1) is 17.4 Å². The van der Waals surface area contributed by atoms with Crippen molar-refractivity contribution in [2.75, 3.05) is 30.8 Å². The molecule has 1 fully saturated rings. The van der Waals surface area contributed by atoms with Crippen LogP contribution in [0, 0.1) is 5.82 Å². The minimum atomic E-state index is -1.25. The van der Waals surface area contributed by atoms with Crippen LogP contribution in [0.25, 0.3) is 0 Å². The minimum absolute atomic E-state index is 0.0679. The van der Waals surface area contributed by atoms with Gasteiger partial charge in [0.15, 0.2) is 0 Å². The molecule has 0 unspecified atom stereocenters. The van der Waals surface area contributed by atoms with E-state index >= 15 is 0 Å². The van der Waals surface area contributed by atoms with Gasteiger partial charge in [-0.15, -0.1) is 0 Å². The summed E-state index contributed by atoms with van der Waals surface area (Å²) in [5, 5.41) is 0. The summed E-state index contributed by atoms with van der Waals surface area (Å²) in [6, 6.07) is 4.61. The van der Waals surface area contributed by atoms with E-state index in [0.717, 1.165) is 5.56 Å². The maximum atomic E-state index is 14.7. The van der Waals surface area contributed by atoms with Gasteiger partial charge in [0.2, 0.25) is 5.88 Å². The monoisotopic (exact) mass is 462 g/mol. The topological polar surface area (TPSA) is 84.9 Å². The molecule has 3 heterocycles. The molecule has 1 amide bonds. The summed E-state index contributed by atoms with van der Waals surface area (Å²) in [5.41, 5.74) is 1.23. The Labute approximate surface area is 189 Å². The number of aromatic nitrogens is 2. The van der Waals surface area contributed by atoms with E-state index in [2.05, 4.69) is 9.97 Å². The Kier molecular flexibility index (Phi) is 6.59. The predicted octanol–water partition coefficient (Wildman–Crippen LogP) is 3.44. The highest BCUT2D eigenvalue weighted by Gasteiger charge is 2.31. The molecule has 1 aromatic heterocycles. The second kappa shape index (κ2) is 9.40. The van der Waals surface area contributed by atoms with Crippen molar-refractivity contribution in [2.24, 2.45) is 0 Å². The van der Waals surface area contributed by atoms with Gasteiger partial charge in [-0.25, -0.2) is 19.2 Å². The Morgan fingerprint density at radius 2 is 1.97 bits per heavy atom. The molecule has 2 aliphatic heterocycles. The summed E-state index contributed by atoms with van der Waals surface area (Å²) in [5.74, 6) is 0.692. The lowest BCUT2D eigenvalue weighted by Crippen LogP contribution is -2.42. The van der Waals surface area contributed by atoms with Crippen LogP contribution < -0.4 is 9.64 Å². The van der Waals surface area contributed by atoms with Crippen LogP contribution in [0.15, 0.2) is 29.4 Å². The molecule has 2 aliphatic rings. The molecule has 1 saturated heterocycles. The summed E-state index contributed by atoms with van der Waals surface area (Å²) >= 11 is 0. The summed E-state index contributed by atoms with van der Waals surface area (Å²) < 4.78 is 37.8. The quantitative estimate of drug-likeness (QED) is 0.673. The molecule has 10 heteroatoms. The molecule has 8 nitrogen and oxygen atoms in total. The number of amides is 1. The molecule has 0 aliphatic carbocycles. The zero-order valence-corrected chi connectivity index (χ0v) is 19.2. The number of carbonyl (C=O) groups is 1. The Morgan fingerprint density at radius 1 is 1.22 bits per heavy atom. The molecule has 0 spiro atoms. The average molecular weight is 463 g/mol. The second-order valence-electron chi connectivity index (χ2n) is 8.19. The van der Waals surface area contributed by atoms with Crippen molar-refractivity contribution < 1.29 is 22.9 Å². The molecule has 32 heavy (non-hydrogen) atoms. The number of fused-ring (bicyclic) bond motifs is 1. The lowest BCUT2D eigenvalue weighted by atomic mass is 10.1. The van der Waals surface area contributed by atoms with Gasteiger partial charge in [0.25, 0.3) is 0 Å². The first-order valence-electron chi connectivity index (χ1n) is 10.7. The van der Waals surface area contributed by atoms with Crippen molar-refractivity contribution in [3.63, 3.8) is 0 Å². The van der Waals surface area contributed by atoms with E-state index in [-0.39, 0.29) is 18.3 Å². The van der Waals surface area contributed by atoms with Gasteiger partial charge in [-0.05, 0) is 38.5 Å². The van der Waals surface area contributed by atoms with Gasteiger partial charge in [-0.1, -0.05) is 0 Å². The number of hydrogen-bond acceptors (Lipinski definition) is 7. The fourth-order valence-corrected chi connectivity index (χ4v) is 4.51. The van der Waals surface area contributed by atoms with Gasteiger partial charge in [-0.2, -0.15) is 0 Å². The molecule has 1 atom stereocenters. The summed E-state index contributed by atoms with van der Waals surface area (Å²) in [4.78, 5) is 24.7. The van der Waals surface area contributed by atoms with Crippen LogP contribution in [0.4, 0.5) is 20.7 Å². The number of hydrogen-bond donors (Lipinski definition) is 0. The van der Waals surface area contributed by atoms with Gasteiger partial charge >= 0.3 is 6.09 Å². The van der Waals surface area contributed by atoms with Gasteiger partial charge in [0.1, 0.15) is 24.1 Å². The maximum absolute atomic E-state index is 14.7. The lowest BCUT2D eigenvalue weighted by molar-refractivity contribution is 0.0505. The molecular weight excluding hydrogens is 435 g/mol. The van der Waals surface area contributed by atoms with Crippen LogP contribution in [0.1, 0.15) is 32.3 Å². The lowest BCUT2D eigenvalue weighted by Gasteiger charge is -2.32. The number of rotatable bonds is 5. The third kappa shape index (κ3) is 4.69. The van der Waals surface area contributed by atoms with Gasteiger partial charge < -0.3 is 19.3 Å². The van der Waals surface area contributed by atoms with Crippen LogP contribution in [0.3, 0.4) is 0 Å². The minimum Gasteiger partial charge on any atom is -0.474 e. The fraction of sp³-hybridized carbons (Fsp3) is 0.500. The Hall–Kier alpha value is -2.75. The second-order valence-corrected chi connectivity index (χ2v) is 9.57. The number of likely N-dealkylation sites (tertiary alicyclic amines) is 1. The number of halogens is 1. The van der Waals surface area contributed by atoms with Crippen molar-refractivity contribution in [1.82, 2.24) is 14.9 Å². The van der Waals surface area contributed by atoms with Crippen LogP contribution in [-0.4, -0.2) is 63.3 Å². The molecule has 4 rings (SSSR count). The summed E-state index contributed by atoms with van der Waals surface area (Å²) in [6.07, 6.45) is 4.43. The highest BCUT2D eigenvalue weighted by atomic mass is 32.2. The first-order chi connectivity index (χ1) is 15.3. The average Bonchev–Trinajstić information content (AvgIpc) is 3.18. The molecule has 0 saturated carbocycles. The first kappa shape index (κ1) is 22.4. The summed E-state index contributed by atoms with van der Waals surface area (Å²) in [7, 11) is -1.25. The van der Waals surface area contributed by atoms with Crippen molar-refractivity contribution in [1.29, 1.82) is 0 Å². The number of benzene rings is 1. The van der Waals surface area contributed by atoms with Crippen LogP contribution in [0.2, 0.25) is 0 Å². The molecule has 172 valence electrons. The molecule has 1 aromatic carbocycles. The zero-order chi connectivity index (χ0) is 22.8. The van der Waals surface area contributed by atoms with E-state index in [0.29, 0.717) is 61.2 Å². The van der Waals surface area contributed by atoms with E-state index < -0.39 is 16.6 Å². The van der Waals surface area contributed by atoms with Crippen molar-refractivity contribution in [3.8, 4) is 5.88 Å². The molecule has 2 aromatic rings. The zero-order valence-electron chi connectivity index (χ0n) is 18.4. The van der Waals surface area contributed by atoms with Crippen LogP contribution in [0.5, 0.6) is 5.88 Å². The Bertz CT molecular complexity index is 1030. The Morgan fingerprint density at radius 3 is 2.62 bits per heavy atom. The van der Waals surface area contributed by atoms with E-state index in [1.165, 1.54) is 18.6 Å². The number of piperidine rings is 1. The van der Waals surface area contributed by atoms with Crippen molar-refractivity contribution >= 4 is 28.4 Å². The highest BCUT2D eigenvalue weighted by Crippen LogP contribution is 2.38. The number of ether oxygens (including phenoxy) is 2. The highest BCUT2D eigenvalue weighted by molar-refractivity contribution is 7.84. The van der Waals surface area contributed by atoms with E-state index in [9.17, 15) is 13.4 Å². The predicted molar refractivity (Wildman–Crippen MR) is 118 cm³/mol. The maximum Gasteiger partial charge on any atom is 0.410 e. The van der Waals surface area contributed by atoms with E-state index in [1.54, 1.807) is 21.9 Å². The molecular formula is C22H27FN4O4S. The van der Waals surface area contributed by atoms with E-state index in [1.807, 2.05) is 13.8 Å². The third-order valence-corrected chi connectivity index (χ3v) is 6.50. The van der Waals surface area contributed by atoms with Gasteiger partial charge in [-0.3, -0.25) is 4.21 Å². The SMILES string of the molecule is CC(C)OC(=O)N1CCC(Oc2ncnc3c2CCN3c2ccc([S@@](C)=O)cc2F)CC1. The van der Waals surface area contributed by atoms with Crippen molar-refractivity contribution in [2.45, 2.75) is 50.2 Å². The fourth-order valence-electron chi connectivity index (χ4n) is 3.98. The number of carbonyl (C=O) groups excluding carboxylic acids is 1. The first-order valence-corrected chi connectivity index (χ1v) is 12.3. The molecule has 0 bridgehead atoms. The molecule has 0 N–H and O–H groups in total. The van der Waals surface area contributed by atoms with Gasteiger partial charge in [0, 0.05) is 54.4 Å². The smallest absolute Gasteiger partial charge is 0.410 e. The number of nitrogens with zero attached hydrogens (tertiary/aromatic N) is 4.